The van der Waals surface area contributed by atoms with Gasteiger partial charge in [0, 0.05) is 17.8 Å². The van der Waals surface area contributed by atoms with Gasteiger partial charge in [-0.15, -0.1) is 0 Å². The third-order valence-electron chi connectivity index (χ3n) is 6.17. The molecule has 1 heterocycles. The summed E-state index contributed by atoms with van der Waals surface area (Å²) in [5, 5.41) is 5.73. The van der Waals surface area contributed by atoms with Gasteiger partial charge in [0.25, 0.3) is 5.91 Å². The topological polar surface area (TPSA) is 87.7 Å². The highest BCUT2D eigenvalue weighted by molar-refractivity contribution is 6.05. The molecule has 3 aromatic rings. The van der Waals surface area contributed by atoms with Crippen LogP contribution in [0.4, 0.5) is 14.9 Å². The zero-order valence-corrected chi connectivity index (χ0v) is 21.4. The van der Waals surface area contributed by atoms with Gasteiger partial charge >= 0.3 is 12.0 Å². The van der Waals surface area contributed by atoms with E-state index in [2.05, 4.69) is 10.6 Å². The molecule has 3 amide bonds. The number of amides is 3. The fourth-order valence-corrected chi connectivity index (χ4v) is 4.40. The van der Waals surface area contributed by atoms with Gasteiger partial charge in [-0.25, -0.2) is 14.0 Å². The van der Waals surface area contributed by atoms with Crippen molar-refractivity contribution in [2.75, 3.05) is 18.5 Å². The van der Waals surface area contributed by atoms with Crippen molar-refractivity contribution in [1.82, 2.24) is 10.2 Å². The molecule has 0 radical (unpaired) electrons. The Hall–Kier alpha value is -4.46. The SMILES string of the molecule is CCCCN1C(=O)NC(c2cccc(NC(=O)c3cccc(F)c3)c2)C(C(=O)OCC)=C1c1ccccc1. The number of esters is 1. The second-order valence-electron chi connectivity index (χ2n) is 8.83. The summed E-state index contributed by atoms with van der Waals surface area (Å²) in [6.07, 6.45) is 1.63. The largest absolute Gasteiger partial charge is 0.463 e. The number of carbonyl (C=O) groups excluding carboxylic acids is 3. The predicted octanol–water partition coefficient (Wildman–Crippen LogP) is 5.92. The van der Waals surface area contributed by atoms with Crippen LogP contribution in [0.25, 0.3) is 5.70 Å². The molecule has 3 aromatic carbocycles. The molecule has 7 nitrogen and oxygen atoms in total. The zero-order valence-electron chi connectivity index (χ0n) is 21.4. The molecule has 38 heavy (non-hydrogen) atoms. The highest BCUT2D eigenvalue weighted by Gasteiger charge is 2.38. The normalized spacial score (nSPS) is 15.2. The summed E-state index contributed by atoms with van der Waals surface area (Å²) in [5.41, 5.74) is 2.72. The Bertz CT molecular complexity index is 1360. The number of benzene rings is 3. The van der Waals surface area contributed by atoms with E-state index in [1.165, 1.54) is 18.2 Å². The van der Waals surface area contributed by atoms with E-state index in [1.54, 1.807) is 36.1 Å². The number of ether oxygens (including phenoxy) is 1. The van der Waals surface area contributed by atoms with Gasteiger partial charge in [0.2, 0.25) is 0 Å². The van der Waals surface area contributed by atoms with Crippen molar-refractivity contribution >= 4 is 29.3 Å². The standard InChI is InChI=1S/C30H30FN3O4/c1-3-5-17-34-27(20-11-7-6-8-12-20)25(29(36)38-4-2)26(33-30(34)37)21-13-10-16-24(19-21)32-28(35)22-14-9-15-23(31)18-22/h6-16,18-19,26H,3-5,17H2,1-2H3,(H,32,35)(H,33,37). The molecule has 1 unspecified atom stereocenters. The molecular formula is C30H30FN3O4. The van der Waals surface area contributed by atoms with Crippen LogP contribution in [0.3, 0.4) is 0 Å². The molecule has 0 saturated carbocycles. The van der Waals surface area contributed by atoms with Crippen LogP contribution in [0.1, 0.15) is 54.2 Å². The van der Waals surface area contributed by atoms with Crippen molar-refractivity contribution < 1.29 is 23.5 Å². The van der Waals surface area contributed by atoms with Gasteiger partial charge in [-0.1, -0.05) is 61.9 Å². The Morgan fingerprint density at radius 1 is 1.00 bits per heavy atom. The van der Waals surface area contributed by atoms with Gasteiger partial charge in [-0.3, -0.25) is 9.69 Å². The average molecular weight is 516 g/mol. The van der Waals surface area contributed by atoms with E-state index in [4.69, 9.17) is 4.74 Å². The number of unbranched alkanes of at least 4 members (excludes halogenated alkanes) is 1. The molecule has 0 spiro atoms. The van der Waals surface area contributed by atoms with E-state index in [0.29, 0.717) is 29.1 Å². The third-order valence-corrected chi connectivity index (χ3v) is 6.17. The van der Waals surface area contributed by atoms with Gasteiger partial charge < -0.3 is 15.4 Å². The number of anilines is 1. The first-order valence-corrected chi connectivity index (χ1v) is 12.6. The minimum absolute atomic E-state index is 0.170. The minimum atomic E-state index is -0.819. The first-order chi connectivity index (χ1) is 18.4. The summed E-state index contributed by atoms with van der Waals surface area (Å²) in [5.74, 6) is -1.53. The number of hydrogen-bond donors (Lipinski definition) is 2. The Morgan fingerprint density at radius 3 is 2.47 bits per heavy atom. The number of halogens is 1. The summed E-state index contributed by atoms with van der Waals surface area (Å²) >= 11 is 0. The van der Waals surface area contributed by atoms with Gasteiger partial charge in [-0.05, 0) is 54.8 Å². The fourth-order valence-electron chi connectivity index (χ4n) is 4.40. The maximum atomic E-state index is 13.6. The first kappa shape index (κ1) is 26.6. The zero-order chi connectivity index (χ0) is 27.1. The molecule has 0 aromatic heterocycles. The molecule has 0 aliphatic carbocycles. The van der Waals surface area contributed by atoms with Crippen molar-refractivity contribution in [3.63, 3.8) is 0 Å². The van der Waals surface area contributed by atoms with E-state index in [0.717, 1.165) is 24.5 Å². The van der Waals surface area contributed by atoms with Crippen molar-refractivity contribution in [3.8, 4) is 0 Å². The number of nitrogens with zero attached hydrogens (tertiary/aromatic N) is 1. The quantitative estimate of drug-likeness (QED) is 0.347. The lowest BCUT2D eigenvalue weighted by Gasteiger charge is -2.37. The van der Waals surface area contributed by atoms with E-state index in [9.17, 15) is 18.8 Å². The van der Waals surface area contributed by atoms with Crippen molar-refractivity contribution in [1.29, 1.82) is 0 Å². The highest BCUT2D eigenvalue weighted by atomic mass is 19.1. The summed E-state index contributed by atoms with van der Waals surface area (Å²) < 4.78 is 19.1. The Balaban J connectivity index is 1.79. The van der Waals surface area contributed by atoms with Crippen molar-refractivity contribution in [2.24, 2.45) is 0 Å². The molecule has 8 heteroatoms. The number of nitrogens with one attached hydrogen (secondary N) is 2. The van der Waals surface area contributed by atoms with Crippen LogP contribution < -0.4 is 10.6 Å². The highest BCUT2D eigenvalue weighted by Crippen LogP contribution is 2.37. The second kappa shape index (κ2) is 12.2. The van der Waals surface area contributed by atoms with Crippen LogP contribution in [-0.4, -0.2) is 36.0 Å². The summed E-state index contributed by atoms with van der Waals surface area (Å²) in [6, 6.07) is 20.4. The van der Waals surface area contributed by atoms with Crippen LogP contribution in [0.2, 0.25) is 0 Å². The number of rotatable bonds is 9. The molecule has 1 aliphatic rings. The monoisotopic (exact) mass is 515 g/mol. The van der Waals surface area contributed by atoms with Crippen molar-refractivity contribution in [3.05, 3.63) is 107 Å². The van der Waals surface area contributed by atoms with Crippen molar-refractivity contribution in [2.45, 2.75) is 32.7 Å². The van der Waals surface area contributed by atoms with E-state index in [-0.39, 0.29) is 18.2 Å². The maximum Gasteiger partial charge on any atom is 0.338 e. The lowest BCUT2D eigenvalue weighted by Crippen LogP contribution is -2.48. The van der Waals surface area contributed by atoms with Crippen LogP contribution in [0, 0.1) is 5.82 Å². The van der Waals surface area contributed by atoms with Gasteiger partial charge in [0.1, 0.15) is 5.82 Å². The molecule has 0 bridgehead atoms. The van der Waals surface area contributed by atoms with E-state index >= 15 is 0 Å². The Kier molecular flexibility index (Phi) is 8.53. The lowest BCUT2D eigenvalue weighted by atomic mass is 9.91. The molecular weight excluding hydrogens is 485 g/mol. The molecule has 1 atom stereocenters. The molecule has 0 saturated heterocycles. The first-order valence-electron chi connectivity index (χ1n) is 12.6. The summed E-state index contributed by atoms with van der Waals surface area (Å²) in [4.78, 5) is 41.1. The van der Waals surface area contributed by atoms with Crippen LogP contribution in [0.15, 0.2) is 84.4 Å². The lowest BCUT2D eigenvalue weighted by molar-refractivity contribution is -0.138. The Labute approximate surface area is 221 Å². The Morgan fingerprint density at radius 2 is 1.76 bits per heavy atom. The average Bonchev–Trinajstić information content (AvgIpc) is 2.92. The van der Waals surface area contributed by atoms with Gasteiger partial charge in [0.05, 0.1) is 23.9 Å². The molecule has 2 N–H and O–H groups in total. The minimum Gasteiger partial charge on any atom is -0.463 e. The summed E-state index contributed by atoms with van der Waals surface area (Å²) in [6.45, 7) is 4.37. The molecule has 196 valence electrons. The maximum absolute atomic E-state index is 13.6. The van der Waals surface area contributed by atoms with Gasteiger partial charge in [-0.2, -0.15) is 0 Å². The number of hydrogen-bond acceptors (Lipinski definition) is 4. The molecule has 4 rings (SSSR count). The van der Waals surface area contributed by atoms with E-state index in [1.807, 2.05) is 37.3 Å². The summed E-state index contributed by atoms with van der Waals surface area (Å²) in [7, 11) is 0. The fraction of sp³-hybridized carbons (Fsp3) is 0.233. The van der Waals surface area contributed by atoms with Crippen LogP contribution in [0.5, 0.6) is 0 Å². The number of carbonyl (C=O) groups is 3. The molecule has 1 aliphatic heterocycles. The van der Waals surface area contributed by atoms with Crippen LogP contribution in [-0.2, 0) is 9.53 Å². The second-order valence-corrected chi connectivity index (χ2v) is 8.83. The molecule has 0 fully saturated rings. The van der Waals surface area contributed by atoms with Crippen LogP contribution >= 0.6 is 0 Å². The predicted molar refractivity (Wildman–Crippen MR) is 144 cm³/mol. The smallest absolute Gasteiger partial charge is 0.338 e. The third kappa shape index (κ3) is 5.91. The van der Waals surface area contributed by atoms with E-state index < -0.39 is 23.7 Å². The van der Waals surface area contributed by atoms with Gasteiger partial charge in [0.15, 0.2) is 0 Å². The number of urea groups is 1.